The fraction of sp³-hybridized carbons (Fsp3) is 0.857. The summed E-state index contributed by atoms with van der Waals surface area (Å²) in [7, 11) is 3.71. The van der Waals surface area contributed by atoms with Crippen LogP contribution in [0.3, 0.4) is 0 Å². The van der Waals surface area contributed by atoms with Crippen LogP contribution in [0.1, 0.15) is 46.5 Å². The zero-order chi connectivity index (χ0) is 16.2. The highest BCUT2D eigenvalue weighted by molar-refractivity contribution is 7.80. The van der Waals surface area contributed by atoms with Gasteiger partial charge >= 0.3 is 6.09 Å². The third-order valence-electron chi connectivity index (χ3n) is 3.57. The van der Waals surface area contributed by atoms with E-state index in [0.717, 1.165) is 25.7 Å². The first-order valence-corrected chi connectivity index (χ1v) is 7.75. The van der Waals surface area contributed by atoms with E-state index in [4.69, 9.17) is 22.8 Å². The van der Waals surface area contributed by atoms with Gasteiger partial charge in [0.05, 0.1) is 0 Å². The van der Waals surface area contributed by atoms with Gasteiger partial charge in [0, 0.05) is 26.2 Å². The predicted octanol–water partition coefficient (Wildman–Crippen LogP) is 1.84. The summed E-state index contributed by atoms with van der Waals surface area (Å²) in [5.41, 5.74) is -0.459. The van der Waals surface area contributed by atoms with E-state index in [1.165, 1.54) is 5.01 Å². The van der Waals surface area contributed by atoms with Crippen molar-refractivity contribution in [1.29, 1.82) is 0 Å². The number of nitrogens with zero attached hydrogens (tertiary/aromatic N) is 2. The Bertz CT molecular complexity index is 374. The number of alkyl carbamates (subject to hydrolysis) is 1. The van der Waals surface area contributed by atoms with Gasteiger partial charge in [0.15, 0.2) is 5.11 Å². The molecule has 0 aromatic carbocycles. The maximum absolute atomic E-state index is 11.8. The van der Waals surface area contributed by atoms with Crippen molar-refractivity contribution < 1.29 is 9.53 Å². The number of rotatable bonds is 2. The number of nitrogens with two attached hydrogens (primary N) is 1. The van der Waals surface area contributed by atoms with E-state index >= 15 is 0 Å². The van der Waals surface area contributed by atoms with Crippen LogP contribution in [-0.4, -0.2) is 52.9 Å². The van der Waals surface area contributed by atoms with Gasteiger partial charge in [0.1, 0.15) is 5.60 Å². The molecule has 0 aliphatic heterocycles. The molecular weight excluding hydrogens is 288 g/mol. The molecule has 0 saturated heterocycles. The molecule has 0 radical (unpaired) electrons. The van der Waals surface area contributed by atoms with Crippen LogP contribution in [0.15, 0.2) is 0 Å². The number of nitrogens with one attached hydrogen (secondary N) is 1. The number of thiocarbonyl (C=S) groups is 1. The fourth-order valence-electron chi connectivity index (χ4n) is 2.49. The Morgan fingerprint density at radius 1 is 1.24 bits per heavy atom. The van der Waals surface area contributed by atoms with Gasteiger partial charge in [-0.1, -0.05) is 0 Å². The maximum Gasteiger partial charge on any atom is 0.407 e. The molecule has 1 rings (SSSR count). The molecule has 122 valence electrons. The molecule has 0 spiro atoms. The molecule has 0 aromatic heterocycles. The van der Waals surface area contributed by atoms with Crippen LogP contribution in [0.2, 0.25) is 0 Å². The molecule has 3 N–H and O–H groups in total. The minimum absolute atomic E-state index is 0.175. The summed E-state index contributed by atoms with van der Waals surface area (Å²) in [5, 5.41) is 5.04. The molecule has 7 heteroatoms. The smallest absolute Gasteiger partial charge is 0.407 e. The molecule has 1 aliphatic rings. The minimum Gasteiger partial charge on any atom is -0.444 e. The molecule has 1 fully saturated rings. The summed E-state index contributed by atoms with van der Waals surface area (Å²) in [6.45, 7) is 5.59. The van der Waals surface area contributed by atoms with Crippen LogP contribution in [0.25, 0.3) is 0 Å². The lowest BCUT2D eigenvalue weighted by Gasteiger charge is -2.37. The lowest BCUT2D eigenvalue weighted by Crippen LogP contribution is -2.50. The minimum atomic E-state index is -0.459. The maximum atomic E-state index is 11.8. The van der Waals surface area contributed by atoms with E-state index < -0.39 is 5.60 Å². The summed E-state index contributed by atoms with van der Waals surface area (Å²) in [6.07, 6.45) is 3.46. The van der Waals surface area contributed by atoms with Crippen LogP contribution >= 0.6 is 12.2 Å². The zero-order valence-corrected chi connectivity index (χ0v) is 14.5. The lowest BCUT2D eigenvalue weighted by molar-refractivity contribution is 0.0485. The summed E-state index contributed by atoms with van der Waals surface area (Å²) in [5.74, 6) is 5.67. The van der Waals surface area contributed by atoms with Gasteiger partial charge in [0.25, 0.3) is 0 Å². The Labute approximate surface area is 132 Å². The number of carbonyl (C=O) groups is 1. The molecule has 6 nitrogen and oxygen atoms in total. The van der Waals surface area contributed by atoms with Crippen LogP contribution in [0.4, 0.5) is 4.79 Å². The Balaban J connectivity index is 2.39. The molecule has 0 bridgehead atoms. The largest absolute Gasteiger partial charge is 0.444 e. The molecule has 1 aliphatic carbocycles. The third kappa shape index (κ3) is 6.05. The zero-order valence-electron chi connectivity index (χ0n) is 13.7. The molecule has 1 saturated carbocycles. The van der Waals surface area contributed by atoms with Crippen molar-refractivity contribution in [2.45, 2.75) is 64.1 Å². The van der Waals surface area contributed by atoms with Gasteiger partial charge in [-0.2, -0.15) is 0 Å². The van der Waals surface area contributed by atoms with Crippen molar-refractivity contribution in [1.82, 2.24) is 15.2 Å². The highest BCUT2D eigenvalue weighted by Crippen LogP contribution is 2.23. The van der Waals surface area contributed by atoms with Crippen molar-refractivity contribution in [2.75, 3.05) is 14.1 Å². The average Bonchev–Trinajstić information content (AvgIpc) is 2.35. The quantitative estimate of drug-likeness (QED) is 0.460. The Morgan fingerprint density at radius 2 is 1.76 bits per heavy atom. The normalized spacial score (nSPS) is 22.4. The van der Waals surface area contributed by atoms with Gasteiger partial charge in [-0.25, -0.2) is 10.6 Å². The number of carbonyl (C=O) groups excluding carboxylic acids is 1. The highest BCUT2D eigenvalue weighted by Gasteiger charge is 2.27. The standard InChI is InChI=1S/C14H28N4O2S/c1-14(2,3)20-12(19)16-10-6-8-11(9-7-10)17(4)13(21)18(5)15/h10-11H,6-9,15H2,1-5H3,(H,16,19). The Kier molecular flexibility index (Phi) is 6.22. The molecule has 0 aromatic rings. The number of hydrogen-bond donors (Lipinski definition) is 2. The average molecular weight is 316 g/mol. The highest BCUT2D eigenvalue weighted by atomic mass is 32.1. The molecule has 0 heterocycles. The van der Waals surface area contributed by atoms with Gasteiger partial charge in [-0.3, -0.25) is 5.01 Å². The fourth-order valence-corrected chi connectivity index (χ4v) is 2.64. The first-order valence-electron chi connectivity index (χ1n) is 7.35. The van der Waals surface area contributed by atoms with Crippen molar-refractivity contribution in [3.63, 3.8) is 0 Å². The number of hydrogen-bond acceptors (Lipinski definition) is 4. The second-order valence-corrected chi connectivity index (χ2v) is 7.02. The number of ether oxygens (including phenoxy) is 1. The van der Waals surface area contributed by atoms with Crippen molar-refractivity contribution in [3.05, 3.63) is 0 Å². The van der Waals surface area contributed by atoms with E-state index in [0.29, 0.717) is 11.2 Å². The van der Waals surface area contributed by atoms with E-state index in [-0.39, 0.29) is 12.1 Å². The SMILES string of the molecule is CN(N)C(=S)N(C)C1CCC(NC(=O)OC(C)(C)C)CC1. The van der Waals surface area contributed by atoms with Crippen molar-refractivity contribution >= 4 is 23.4 Å². The van der Waals surface area contributed by atoms with E-state index in [9.17, 15) is 4.79 Å². The van der Waals surface area contributed by atoms with Gasteiger partial charge < -0.3 is 15.0 Å². The first-order chi connectivity index (χ1) is 9.60. The monoisotopic (exact) mass is 316 g/mol. The van der Waals surface area contributed by atoms with Gasteiger partial charge in [-0.15, -0.1) is 0 Å². The second kappa shape index (κ2) is 7.26. The second-order valence-electron chi connectivity index (χ2n) is 6.66. The Morgan fingerprint density at radius 3 is 2.19 bits per heavy atom. The number of amides is 1. The lowest BCUT2D eigenvalue weighted by atomic mass is 9.90. The van der Waals surface area contributed by atoms with Crippen LogP contribution < -0.4 is 11.2 Å². The Hall–Kier alpha value is -1.08. The molecule has 0 atom stereocenters. The van der Waals surface area contributed by atoms with E-state index in [1.54, 1.807) is 7.05 Å². The summed E-state index contributed by atoms with van der Waals surface area (Å²) in [6, 6.07) is 0.550. The molecular formula is C14H28N4O2S. The van der Waals surface area contributed by atoms with Gasteiger partial charge in [0.2, 0.25) is 0 Å². The van der Waals surface area contributed by atoms with Crippen molar-refractivity contribution in [2.24, 2.45) is 5.84 Å². The van der Waals surface area contributed by atoms with Crippen LogP contribution in [0, 0.1) is 0 Å². The topological polar surface area (TPSA) is 70.8 Å². The van der Waals surface area contributed by atoms with Crippen LogP contribution in [-0.2, 0) is 4.74 Å². The molecule has 1 amide bonds. The first kappa shape index (κ1) is 18.0. The summed E-state index contributed by atoms with van der Waals surface area (Å²) < 4.78 is 5.28. The summed E-state index contributed by atoms with van der Waals surface area (Å²) in [4.78, 5) is 13.8. The molecule has 0 unspecified atom stereocenters. The molecule has 21 heavy (non-hydrogen) atoms. The van der Waals surface area contributed by atoms with E-state index in [2.05, 4.69) is 5.32 Å². The van der Waals surface area contributed by atoms with Gasteiger partial charge in [-0.05, 0) is 58.7 Å². The van der Waals surface area contributed by atoms with Crippen LogP contribution in [0.5, 0.6) is 0 Å². The summed E-state index contributed by atoms with van der Waals surface area (Å²) >= 11 is 5.28. The van der Waals surface area contributed by atoms with E-state index in [1.807, 2.05) is 32.7 Å². The van der Waals surface area contributed by atoms with Crippen molar-refractivity contribution in [3.8, 4) is 0 Å². The third-order valence-corrected chi connectivity index (χ3v) is 4.14. The predicted molar refractivity (Wildman–Crippen MR) is 87.7 cm³/mol. The number of hydrazine groups is 1.